The number of nitrogens with two attached hydrogens (primary N) is 1. The molecule has 0 saturated carbocycles. The van der Waals surface area contributed by atoms with Crippen LogP contribution in [0.4, 0.5) is 49.4 Å². The van der Waals surface area contributed by atoms with Crippen molar-refractivity contribution in [2.45, 2.75) is 23.7 Å². The summed E-state index contributed by atoms with van der Waals surface area (Å²) in [5.41, 5.74) is 7.15. The summed E-state index contributed by atoms with van der Waals surface area (Å²) in [4.78, 5) is 47.7. The van der Waals surface area contributed by atoms with Crippen molar-refractivity contribution >= 4 is 89.5 Å². The zero-order valence-corrected chi connectivity index (χ0v) is 41.4. The molecule has 1 aliphatic rings. The van der Waals surface area contributed by atoms with Crippen molar-refractivity contribution in [2.75, 3.05) is 100 Å². The van der Waals surface area contributed by atoms with Crippen LogP contribution in [0.25, 0.3) is 11.2 Å². The Morgan fingerprint density at radius 2 is 1.60 bits per heavy atom. The third-order valence-corrected chi connectivity index (χ3v) is 12.6. The van der Waals surface area contributed by atoms with Gasteiger partial charge in [-0.3, -0.25) is 14.3 Å². The molecule has 0 radical (unpaired) electrons. The van der Waals surface area contributed by atoms with Crippen LogP contribution in [0.1, 0.15) is 10.4 Å². The van der Waals surface area contributed by atoms with Crippen molar-refractivity contribution in [1.82, 2.24) is 49.3 Å². The van der Waals surface area contributed by atoms with E-state index in [1.807, 2.05) is 0 Å². The molecule has 0 aliphatic carbocycles. The van der Waals surface area contributed by atoms with Crippen molar-refractivity contribution < 1.29 is 50.5 Å². The fourth-order valence-corrected chi connectivity index (χ4v) is 8.33. The molecule has 28 heteroatoms. The van der Waals surface area contributed by atoms with Crippen LogP contribution < -0.4 is 41.4 Å². The molecular weight excluding hydrogens is 1030 g/mol. The number of hydrogen-bond acceptors (Lipinski definition) is 19. The molecule has 7 N–H and O–H groups in total. The highest BCUT2D eigenvalue weighted by Crippen LogP contribution is 2.32. The van der Waals surface area contributed by atoms with E-state index < -0.39 is 39.9 Å². The number of imidazole rings is 1. The molecule has 0 bridgehead atoms. The number of ether oxygens (including phenoxy) is 5. The van der Waals surface area contributed by atoms with E-state index in [0.717, 1.165) is 12.1 Å². The highest BCUT2D eigenvalue weighted by atomic mass is 79.9. The van der Waals surface area contributed by atoms with E-state index in [0.29, 0.717) is 78.3 Å². The number of benzene rings is 2. The molecule has 1 aliphatic heterocycles. The third-order valence-electron chi connectivity index (χ3n) is 10.6. The van der Waals surface area contributed by atoms with Crippen LogP contribution in [-0.4, -0.2) is 151 Å². The standard InChI is InChI=1S/C44H52BrF2N15O9S/c1-4-35(63)53-33-24-61(23-31(33)47)44-57-40(37-41(58-44)60(2)26-50-37)55-34-25-62(59-42(34)67-3)13-15-69-17-19-71-21-20-70-18-16-68-14-12-51-72(65,66)28-10-8-27(9-11-28)52-43-49-22-29(45)39(56-43)54-32-7-5-6-30(46)36(32)38(48)64/h4-11,22,25-26,31,33,51H,1,12-21,23-24H2,2-3H3,(H2,48,64)(H,53,63)(H,55,57,58)(H2,49,52,54,56)/t31-,33-/m1/s1. The molecule has 6 aromatic rings. The minimum absolute atomic E-state index is 0.0105. The van der Waals surface area contributed by atoms with Crippen molar-refractivity contribution in [3.8, 4) is 5.88 Å². The second-order valence-electron chi connectivity index (χ2n) is 15.6. The maximum absolute atomic E-state index is 14.9. The number of aromatic nitrogens is 8. The van der Waals surface area contributed by atoms with Crippen LogP contribution in [0.3, 0.4) is 0 Å². The highest BCUT2D eigenvalue weighted by molar-refractivity contribution is 9.10. The van der Waals surface area contributed by atoms with E-state index in [9.17, 15) is 26.8 Å². The first-order valence-corrected chi connectivity index (χ1v) is 24.5. The van der Waals surface area contributed by atoms with E-state index in [1.165, 1.54) is 49.7 Å². The summed E-state index contributed by atoms with van der Waals surface area (Å²) in [7, 11) is -0.554. The van der Waals surface area contributed by atoms with Gasteiger partial charge in [-0.1, -0.05) is 12.6 Å². The van der Waals surface area contributed by atoms with Crippen LogP contribution in [0, 0.1) is 5.82 Å². The molecular formula is C44H52BrF2N15O9S. The van der Waals surface area contributed by atoms with Gasteiger partial charge in [0, 0.05) is 32.0 Å². The molecule has 24 nitrogen and oxygen atoms in total. The molecule has 1 saturated heterocycles. The number of amides is 2. The zero-order chi connectivity index (χ0) is 51.2. The number of halogens is 3. The van der Waals surface area contributed by atoms with Gasteiger partial charge in [-0.05, 0) is 58.4 Å². The lowest BCUT2D eigenvalue weighted by Crippen LogP contribution is -2.40. The van der Waals surface area contributed by atoms with Gasteiger partial charge in [0.1, 0.15) is 23.5 Å². The number of rotatable bonds is 28. The fourth-order valence-electron chi connectivity index (χ4n) is 7.03. The number of fused-ring (bicyclic) bond motifs is 1. The largest absolute Gasteiger partial charge is 0.478 e. The molecule has 72 heavy (non-hydrogen) atoms. The van der Waals surface area contributed by atoms with E-state index in [-0.39, 0.29) is 73.3 Å². The van der Waals surface area contributed by atoms with Gasteiger partial charge >= 0.3 is 0 Å². The second kappa shape index (κ2) is 24.9. The summed E-state index contributed by atoms with van der Waals surface area (Å²) in [5.74, 6) is -0.911. The number of sulfonamides is 1. The normalized spacial score (nSPS) is 14.7. The number of anilines is 7. The van der Waals surface area contributed by atoms with Crippen LogP contribution in [0.15, 0.2) is 83.2 Å². The molecule has 0 spiro atoms. The molecule has 0 unspecified atom stereocenters. The van der Waals surface area contributed by atoms with Gasteiger partial charge < -0.3 is 60.2 Å². The van der Waals surface area contributed by atoms with Crippen molar-refractivity contribution in [3.05, 3.63) is 89.7 Å². The summed E-state index contributed by atoms with van der Waals surface area (Å²) in [5, 5.41) is 16.2. The number of aryl methyl sites for hydroxylation is 1. The summed E-state index contributed by atoms with van der Waals surface area (Å²) < 4.78 is 89.0. The van der Waals surface area contributed by atoms with Gasteiger partial charge in [-0.15, -0.1) is 5.10 Å². The molecule has 2 aromatic carbocycles. The van der Waals surface area contributed by atoms with E-state index in [2.05, 4.69) is 78.5 Å². The maximum Gasteiger partial charge on any atom is 0.256 e. The van der Waals surface area contributed by atoms with Crippen LogP contribution in [0.5, 0.6) is 5.88 Å². The Balaban J connectivity index is 0.743. The number of alkyl halides is 1. The van der Waals surface area contributed by atoms with Gasteiger partial charge in [0.05, 0.1) is 112 Å². The molecule has 384 valence electrons. The second-order valence-corrected chi connectivity index (χ2v) is 18.2. The van der Waals surface area contributed by atoms with Gasteiger partial charge in [0.2, 0.25) is 27.8 Å². The average molecular weight is 1080 g/mol. The van der Waals surface area contributed by atoms with E-state index >= 15 is 0 Å². The molecule has 4 aromatic heterocycles. The van der Waals surface area contributed by atoms with Crippen molar-refractivity contribution in [3.63, 3.8) is 0 Å². The Kier molecular flexibility index (Phi) is 18.3. The number of nitrogens with zero attached hydrogens (tertiary/aromatic N) is 9. The van der Waals surface area contributed by atoms with E-state index in [1.54, 1.807) is 33.7 Å². The summed E-state index contributed by atoms with van der Waals surface area (Å²) in [6.07, 6.45) is 4.56. The Bertz CT molecular complexity index is 2950. The first-order chi connectivity index (χ1) is 34.7. The number of carbonyl (C=O) groups is 2. The Labute approximate surface area is 420 Å². The Morgan fingerprint density at radius 3 is 2.29 bits per heavy atom. The van der Waals surface area contributed by atoms with Gasteiger partial charge in [0.25, 0.3) is 11.8 Å². The third kappa shape index (κ3) is 13.9. The lowest BCUT2D eigenvalue weighted by molar-refractivity contribution is -0.117. The van der Waals surface area contributed by atoms with Crippen molar-refractivity contribution in [1.29, 1.82) is 0 Å². The SMILES string of the molecule is C=CC(=O)N[C@@H]1CN(c2nc(Nc3cn(CCOCCOCCOCCOCCNS(=O)(=O)c4ccc(Nc5ncc(Br)c(Nc6cccc(F)c6C(N)=O)n5)cc4)nc3OC)c3ncn(C)c3n2)C[C@H]1F. The zero-order valence-electron chi connectivity index (χ0n) is 39.0. The monoisotopic (exact) mass is 1080 g/mol. The lowest BCUT2D eigenvalue weighted by atomic mass is 10.1. The maximum atomic E-state index is 14.9. The van der Waals surface area contributed by atoms with Crippen LogP contribution >= 0.6 is 15.9 Å². The summed E-state index contributed by atoms with van der Waals surface area (Å²) >= 11 is 3.33. The molecule has 7 rings (SSSR count). The number of methoxy groups -OCH3 is 1. The summed E-state index contributed by atoms with van der Waals surface area (Å²) in [6.45, 7) is 6.34. The lowest BCUT2D eigenvalue weighted by Gasteiger charge is -2.17. The number of carbonyl (C=O) groups excluding carboxylic acids is 2. The minimum Gasteiger partial charge on any atom is -0.478 e. The average Bonchev–Trinajstić information content (AvgIpc) is 4.06. The Hall–Kier alpha value is -6.95. The molecule has 1 fully saturated rings. The number of hydrogen-bond donors (Lipinski definition) is 6. The predicted octanol–water partition coefficient (Wildman–Crippen LogP) is 3.46. The fraction of sp³-hybridized carbons (Fsp3) is 0.364. The highest BCUT2D eigenvalue weighted by Gasteiger charge is 2.35. The van der Waals surface area contributed by atoms with Gasteiger partial charge in [0.15, 0.2) is 17.0 Å². The van der Waals surface area contributed by atoms with Gasteiger partial charge in [-0.2, -0.15) is 15.0 Å². The predicted molar refractivity (Wildman–Crippen MR) is 264 cm³/mol. The smallest absolute Gasteiger partial charge is 0.256 e. The first kappa shape index (κ1) is 52.9. The van der Waals surface area contributed by atoms with Crippen molar-refractivity contribution in [2.24, 2.45) is 12.8 Å². The van der Waals surface area contributed by atoms with E-state index in [4.69, 9.17) is 29.4 Å². The van der Waals surface area contributed by atoms with Gasteiger partial charge in [-0.25, -0.2) is 31.9 Å². The molecule has 2 amide bonds. The minimum atomic E-state index is -3.84. The Morgan fingerprint density at radius 1 is 0.903 bits per heavy atom. The molecule has 5 heterocycles. The van der Waals surface area contributed by atoms with Crippen LogP contribution in [-0.2, 0) is 47.4 Å². The number of nitrogens with one attached hydrogen (secondary N) is 5. The topological polar surface area (TPSA) is 291 Å². The number of primary amides is 1. The molecule has 2 atom stereocenters. The first-order valence-electron chi connectivity index (χ1n) is 22.2. The van der Waals surface area contributed by atoms with Crippen LogP contribution in [0.2, 0.25) is 0 Å². The summed E-state index contributed by atoms with van der Waals surface area (Å²) in [6, 6.07) is 9.18. The quantitative estimate of drug-likeness (QED) is 0.0303.